The molecule has 108 valence electrons. The normalized spacial score (nSPS) is 19.9. The second-order valence-corrected chi connectivity index (χ2v) is 6.29. The highest BCUT2D eigenvalue weighted by molar-refractivity contribution is 7.87. The summed E-state index contributed by atoms with van der Waals surface area (Å²) in [5.41, 5.74) is 0. The Morgan fingerprint density at radius 1 is 1.33 bits per heavy atom. The lowest BCUT2D eigenvalue weighted by atomic mass is 10.0. The molecule has 18 heavy (non-hydrogen) atoms. The second kappa shape index (κ2) is 8.06. The maximum Gasteiger partial charge on any atom is 0.279 e. The fourth-order valence-corrected chi connectivity index (χ4v) is 3.30. The van der Waals surface area contributed by atoms with Crippen LogP contribution in [0.3, 0.4) is 0 Å². The van der Waals surface area contributed by atoms with Gasteiger partial charge in [0.05, 0.1) is 13.2 Å². The molecule has 0 saturated carbocycles. The van der Waals surface area contributed by atoms with Crippen molar-refractivity contribution in [2.45, 2.75) is 26.2 Å². The van der Waals surface area contributed by atoms with Crippen LogP contribution >= 0.6 is 0 Å². The molecule has 1 fully saturated rings. The van der Waals surface area contributed by atoms with E-state index in [9.17, 15) is 8.42 Å². The van der Waals surface area contributed by atoms with Crippen LogP contribution in [0.1, 0.15) is 26.2 Å². The first-order chi connectivity index (χ1) is 8.60. The van der Waals surface area contributed by atoms with Crippen LogP contribution in [0.4, 0.5) is 0 Å². The van der Waals surface area contributed by atoms with E-state index in [0.717, 1.165) is 12.8 Å². The minimum atomic E-state index is -3.39. The fourth-order valence-electron chi connectivity index (χ4n) is 2.04. The Bertz CT molecular complexity index is 309. The van der Waals surface area contributed by atoms with Crippen LogP contribution in [0.5, 0.6) is 0 Å². The number of hydrogen-bond acceptors (Lipinski definition) is 4. The number of aliphatic hydroxyl groups is 1. The maximum absolute atomic E-state index is 12.0. The molecule has 0 radical (unpaired) electrons. The summed E-state index contributed by atoms with van der Waals surface area (Å²) in [5.74, 6) is 0.204. The highest BCUT2D eigenvalue weighted by Gasteiger charge is 2.24. The minimum Gasteiger partial charge on any atom is -0.396 e. The third-order valence-electron chi connectivity index (χ3n) is 3.10. The maximum atomic E-state index is 12.0. The molecule has 0 aliphatic carbocycles. The molecule has 1 rings (SSSR count). The van der Waals surface area contributed by atoms with Crippen LogP contribution in [0.25, 0.3) is 0 Å². The summed E-state index contributed by atoms with van der Waals surface area (Å²) in [5, 5.41) is 8.94. The van der Waals surface area contributed by atoms with Crippen molar-refractivity contribution in [1.82, 2.24) is 9.03 Å². The van der Waals surface area contributed by atoms with Gasteiger partial charge in [-0.05, 0) is 18.8 Å². The predicted molar refractivity (Wildman–Crippen MR) is 69.4 cm³/mol. The van der Waals surface area contributed by atoms with Gasteiger partial charge in [0.15, 0.2) is 0 Å². The van der Waals surface area contributed by atoms with Gasteiger partial charge in [0, 0.05) is 26.2 Å². The first-order valence-corrected chi connectivity index (χ1v) is 7.97. The van der Waals surface area contributed by atoms with Gasteiger partial charge >= 0.3 is 0 Å². The molecule has 1 aliphatic rings. The largest absolute Gasteiger partial charge is 0.396 e. The van der Waals surface area contributed by atoms with E-state index in [2.05, 4.69) is 11.6 Å². The lowest BCUT2D eigenvalue weighted by molar-refractivity contribution is 0.0724. The topological polar surface area (TPSA) is 78.9 Å². The molecule has 1 unspecified atom stereocenters. The van der Waals surface area contributed by atoms with Crippen molar-refractivity contribution in [3.8, 4) is 0 Å². The summed E-state index contributed by atoms with van der Waals surface area (Å²) in [6.45, 7) is 4.28. The van der Waals surface area contributed by atoms with Crippen molar-refractivity contribution in [2.75, 3.05) is 39.5 Å². The van der Waals surface area contributed by atoms with E-state index in [-0.39, 0.29) is 12.5 Å². The summed E-state index contributed by atoms with van der Waals surface area (Å²) in [4.78, 5) is 0. The van der Waals surface area contributed by atoms with Crippen LogP contribution in [-0.4, -0.2) is 57.3 Å². The lowest BCUT2D eigenvalue weighted by Gasteiger charge is -2.27. The van der Waals surface area contributed by atoms with E-state index in [4.69, 9.17) is 9.84 Å². The van der Waals surface area contributed by atoms with Gasteiger partial charge in [-0.25, -0.2) is 4.72 Å². The third kappa shape index (κ3) is 5.19. The van der Waals surface area contributed by atoms with Crippen LogP contribution in [-0.2, 0) is 14.9 Å². The van der Waals surface area contributed by atoms with Gasteiger partial charge < -0.3 is 9.84 Å². The van der Waals surface area contributed by atoms with Crippen molar-refractivity contribution in [3.05, 3.63) is 0 Å². The Labute approximate surface area is 109 Å². The molecule has 0 amide bonds. The Morgan fingerprint density at radius 3 is 2.56 bits per heavy atom. The highest BCUT2D eigenvalue weighted by Crippen LogP contribution is 2.11. The third-order valence-corrected chi connectivity index (χ3v) is 4.68. The molecule has 2 N–H and O–H groups in total. The van der Waals surface area contributed by atoms with Gasteiger partial charge in [0.2, 0.25) is 0 Å². The van der Waals surface area contributed by atoms with Crippen LogP contribution in [0.15, 0.2) is 0 Å². The number of nitrogens with one attached hydrogen (secondary N) is 1. The van der Waals surface area contributed by atoms with Gasteiger partial charge in [0.1, 0.15) is 0 Å². The standard InChI is InChI=1S/C11H24N2O4S/c1-2-3-11(4-7-14)10-12-18(15,16)13-5-8-17-9-6-13/h11-12,14H,2-10H2,1H3. The lowest BCUT2D eigenvalue weighted by Crippen LogP contribution is -2.47. The zero-order valence-corrected chi connectivity index (χ0v) is 11.8. The Kier molecular flexibility index (Phi) is 7.10. The van der Waals surface area contributed by atoms with Gasteiger partial charge in [-0.3, -0.25) is 0 Å². The Balaban J connectivity index is 2.43. The summed E-state index contributed by atoms with van der Waals surface area (Å²) in [6, 6.07) is 0. The number of hydrogen-bond donors (Lipinski definition) is 2. The predicted octanol–water partition coefficient (Wildman–Crippen LogP) is -0.0483. The van der Waals surface area contributed by atoms with Gasteiger partial charge in [-0.2, -0.15) is 12.7 Å². The van der Waals surface area contributed by atoms with Crippen LogP contribution < -0.4 is 4.72 Å². The van der Waals surface area contributed by atoms with Gasteiger partial charge in [0.25, 0.3) is 10.2 Å². The molecule has 7 heteroatoms. The molecule has 1 aliphatic heterocycles. The van der Waals surface area contributed by atoms with Crippen molar-refractivity contribution in [3.63, 3.8) is 0 Å². The monoisotopic (exact) mass is 280 g/mol. The summed E-state index contributed by atoms with van der Waals surface area (Å²) in [6.07, 6.45) is 2.55. The fraction of sp³-hybridized carbons (Fsp3) is 1.00. The molecule has 0 aromatic heterocycles. The van der Waals surface area contributed by atoms with Crippen molar-refractivity contribution in [2.24, 2.45) is 5.92 Å². The van der Waals surface area contributed by atoms with E-state index in [1.54, 1.807) is 0 Å². The molecule has 0 spiro atoms. The Morgan fingerprint density at radius 2 is 2.00 bits per heavy atom. The number of aliphatic hydroxyl groups excluding tert-OH is 1. The molecule has 0 bridgehead atoms. The molecule has 0 aromatic carbocycles. The Hall–Kier alpha value is -0.210. The van der Waals surface area contributed by atoms with E-state index >= 15 is 0 Å². The number of ether oxygens (including phenoxy) is 1. The van der Waals surface area contributed by atoms with E-state index in [1.807, 2.05) is 0 Å². The van der Waals surface area contributed by atoms with Crippen molar-refractivity contribution >= 4 is 10.2 Å². The van der Waals surface area contributed by atoms with Gasteiger partial charge in [-0.1, -0.05) is 13.3 Å². The molecular weight excluding hydrogens is 256 g/mol. The number of rotatable bonds is 8. The van der Waals surface area contributed by atoms with E-state index in [0.29, 0.717) is 39.3 Å². The van der Waals surface area contributed by atoms with Gasteiger partial charge in [-0.15, -0.1) is 0 Å². The quantitative estimate of drug-likeness (QED) is 0.653. The molecule has 1 saturated heterocycles. The zero-order chi connectivity index (χ0) is 13.4. The van der Waals surface area contributed by atoms with E-state index in [1.165, 1.54) is 4.31 Å². The average Bonchev–Trinajstić information content (AvgIpc) is 2.38. The van der Waals surface area contributed by atoms with E-state index < -0.39 is 10.2 Å². The molecule has 0 aromatic rings. The molecule has 1 heterocycles. The SMILES string of the molecule is CCCC(CCO)CNS(=O)(=O)N1CCOCC1. The first-order valence-electron chi connectivity index (χ1n) is 6.53. The summed E-state index contributed by atoms with van der Waals surface area (Å²) >= 11 is 0. The molecule has 6 nitrogen and oxygen atoms in total. The minimum absolute atomic E-state index is 0.101. The zero-order valence-electron chi connectivity index (χ0n) is 11.0. The van der Waals surface area contributed by atoms with Crippen LogP contribution in [0, 0.1) is 5.92 Å². The summed E-state index contributed by atoms with van der Waals surface area (Å²) in [7, 11) is -3.39. The number of morpholine rings is 1. The number of nitrogens with zero attached hydrogens (tertiary/aromatic N) is 1. The summed E-state index contributed by atoms with van der Waals surface area (Å²) < 4.78 is 33.2. The second-order valence-electron chi connectivity index (χ2n) is 4.53. The van der Waals surface area contributed by atoms with Crippen molar-refractivity contribution < 1.29 is 18.3 Å². The van der Waals surface area contributed by atoms with Crippen molar-refractivity contribution in [1.29, 1.82) is 0 Å². The van der Waals surface area contributed by atoms with Crippen LogP contribution in [0.2, 0.25) is 0 Å². The highest BCUT2D eigenvalue weighted by atomic mass is 32.2. The first kappa shape index (κ1) is 15.8. The average molecular weight is 280 g/mol. The molecular formula is C11H24N2O4S. The molecule has 1 atom stereocenters. The smallest absolute Gasteiger partial charge is 0.279 e.